The Bertz CT molecular complexity index is 1340. The molecule has 30 heavy (non-hydrogen) atoms. The lowest BCUT2D eigenvalue weighted by Gasteiger charge is -2.30. The van der Waals surface area contributed by atoms with Crippen molar-refractivity contribution >= 4 is 34.2 Å². The summed E-state index contributed by atoms with van der Waals surface area (Å²) in [6, 6.07) is 15.0. The van der Waals surface area contributed by atoms with Crippen LogP contribution in [0.5, 0.6) is 0 Å². The van der Waals surface area contributed by atoms with Crippen molar-refractivity contribution in [3.63, 3.8) is 0 Å². The number of rotatable bonds is 2. The zero-order chi connectivity index (χ0) is 20.8. The average molecular weight is 423 g/mol. The molecule has 2 aromatic carbocycles. The normalized spacial score (nSPS) is 15.2. The zero-order valence-corrected chi connectivity index (χ0v) is 16.8. The van der Waals surface area contributed by atoms with E-state index in [0.717, 1.165) is 27.7 Å². The molecule has 1 saturated heterocycles. The Morgan fingerprint density at radius 1 is 1.10 bits per heavy atom. The van der Waals surface area contributed by atoms with Gasteiger partial charge in [-0.1, -0.05) is 41.9 Å². The van der Waals surface area contributed by atoms with E-state index in [1.54, 1.807) is 10.6 Å². The van der Waals surface area contributed by atoms with E-state index in [0.29, 0.717) is 36.6 Å². The maximum absolute atomic E-state index is 12.5. The quantitative estimate of drug-likeness (QED) is 0.502. The molecule has 1 aliphatic heterocycles. The number of piperidine rings is 1. The van der Waals surface area contributed by atoms with Crippen LogP contribution in [-0.4, -0.2) is 43.8 Å². The average Bonchev–Trinajstić information content (AvgIpc) is 3.12. The number of H-pyrrole nitrogens is 1. The van der Waals surface area contributed by atoms with Crippen molar-refractivity contribution in [2.75, 3.05) is 13.1 Å². The van der Waals surface area contributed by atoms with E-state index in [1.807, 2.05) is 42.5 Å². The van der Waals surface area contributed by atoms with Crippen molar-refractivity contribution in [3.8, 4) is 11.1 Å². The summed E-state index contributed by atoms with van der Waals surface area (Å²) in [6.07, 6.45) is 0.398. The van der Waals surface area contributed by atoms with E-state index in [9.17, 15) is 14.7 Å². The number of halogens is 1. The Labute approximate surface area is 176 Å². The second kappa shape index (κ2) is 7.18. The number of nitrogens with one attached hydrogen (secondary N) is 1. The molecule has 0 saturated carbocycles. The molecule has 0 radical (unpaired) electrons. The van der Waals surface area contributed by atoms with Crippen LogP contribution in [0, 0.1) is 0 Å². The Morgan fingerprint density at radius 2 is 1.83 bits per heavy atom. The van der Waals surface area contributed by atoms with Crippen molar-refractivity contribution in [1.29, 1.82) is 0 Å². The SMILES string of the molecule is O=C(O)N1CCC(c2cc(=O)[nH]c3c4c(-c5ccccc5Cl)cccc4nn23)CC1. The molecule has 2 N–H and O–H groups in total. The van der Waals surface area contributed by atoms with E-state index in [1.165, 1.54) is 4.90 Å². The zero-order valence-electron chi connectivity index (χ0n) is 16.0. The molecule has 152 valence electrons. The maximum Gasteiger partial charge on any atom is 0.407 e. The van der Waals surface area contributed by atoms with Gasteiger partial charge < -0.3 is 15.0 Å². The van der Waals surface area contributed by atoms with Crippen LogP contribution in [-0.2, 0) is 0 Å². The van der Waals surface area contributed by atoms with Crippen LogP contribution < -0.4 is 5.56 Å². The third kappa shape index (κ3) is 3.02. The molecular weight excluding hydrogens is 404 g/mol. The lowest BCUT2D eigenvalue weighted by molar-refractivity contribution is 0.131. The second-order valence-corrected chi connectivity index (χ2v) is 7.95. The van der Waals surface area contributed by atoms with Gasteiger partial charge in [0.2, 0.25) is 0 Å². The van der Waals surface area contributed by atoms with Crippen molar-refractivity contribution < 1.29 is 9.90 Å². The molecule has 7 nitrogen and oxygen atoms in total. The van der Waals surface area contributed by atoms with Crippen molar-refractivity contribution in [2.24, 2.45) is 0 Å². The molecule has 0 unspecified atom stereocenters. The number of amides is 1. The molecule has 1 fully saturated rings. The van der Waals surface area contributed by atoms with Gasteiger partial charge in [0.15, 0.2) is 0 Å². The molecule has 2 aromatic heterocycles. The smallest absolute Gasteiger partial charge is 0.407 e. The Balaban J connectivity index is 1.70. The van der Waals surface area contributed by atoms with E-state index in [4.69, 9.17) is 16.7 Å². The van der Waals surface area contributed by atoms with Crippen LogP contribution in [0.2, 0.25) is 5.02 Å². The minimum atomic E-state index is -0.904. The number of fused-ring (bicyclic) bond motifs is 3. The van der Waals surface area contributed by atoms with Crippen LogP contribution in [0.3, 0.4) is 0 Å². The molecule has 1 aliphatic rings. The Kier molecular flexibility index (Phi) is 4.47. The topological polar surface area (TPSA) is 90.7 Å². The summed E-state index contributed by atoms with van der Waals surface area (Å²) in [5.41, 5.74) is 3.78. The monoisotopic (exact) mass is 422 g/mol. The summed E-state index contributed by atoms with van der Waals surface area (Å²) in [4.78, 5) is 28.1. The maximum atomic E-state index is 12.5. The molecule has 3 heterocycles. The van der Waals surface area contributed by atoms with Gasteiger partial charge in [0.25, 0.3) is 5.56 Å². The molecule has 0 atom stereocenters. The highest BCUT2D eigenvalue weighted by molar-refractivity contribution is 6.33. The van der Waals surface area contributed by atoms with E-state index >= 15 is 0 Å². The van der Waals surface area contributed by atoms with Gasteiger partial charge in [0, 0.05) is 35.7 Å². The minimum absolute atomic E-state index is 0.0588. The first kappa shape index (κ1) is 18.7. The third-order valence-corrected chi connectivity index (χ3v) is 6.14. The standard InChI is InChI=1S/C22H19ClN4O3/c23-16-6-2-1-4-14(16)15-5-3-7-17-20(15)21-24-19(28)12-18(27(21)25-17)13-8-10-26(11-9-13)22(29)30/h1-7,12-13H,8-11H2,(H,24,28)(H,29,30). The molecule has 4 aromatic rings. The van der Waals surface area contributed by atoms with Crippen LogP contribution >= 0.6 is 11.6 Å². The number of benzene rings is 2. The number of hydrogen-bond donors (Lipinski definition) is 2. The lowest BCUT2D eigenvalue weighted by Crippen LogP contribution is -2.37. The summed E-state index contributed by atoms with van der Waals surface area (Å²) in [6.45, 7) is 0.889. The fraction of sp³-hybridized carbons (Fsp3) is 0.227. The van der Waals surface area contributed by atoms with Gasteiger partial charge in [-0.25, -0.2) is 9.31 Å². The van der Waals surface area contributed by atoms with Gasteiger partial charge in [-0.05, 0) is 30.5 Å². The molecule has 1 amide bonds. The Hall–Kier alpha value is -3.32. The molecule has 0 bridgehead atoms. The van der Waals surface area contributed by atoms with Crippen molar-refractivity contribution in [1.82, 2.24) is 19.5 Å². The fourth-order valence-electron chi connectivity index (χ4n) is 4.35. The number of aromatic nitrogens is 3. The Morgan fingerprint density at radius 3 is 2.57 bits per heavy atom. The van der Waals surface area contributed by atoms with Gasteiger partial charge in [0.1, 0.15) is 5.65 Å². The van der Waals surface area contributed by atoms with Gasteiger partial charge in [-0.3, -0.25) is 4.79 Å². The predicted molar refractivity (Wildman–Crippen MR) is 115 cm³/mol. The summed E-state index contributed by atoms with van der Waals surface area (Å²) in [5.74, 6) is 0.0588. The first-order chi connectivity index (χ1) is 14.5. The van der Waals surface area contributed by atoms with Gasteiger partial charge >= 0.3 is 6.09 Å². The number of likely N-dealkylation sites (tertiary alicyclic amines) is 1. The van der Waals surface area contributed by atoms with Gasteiger partial charge in [-0.2, -0.15) is 5.10 Å². The largest absolute Gasteiger partial charge is 0.465 e. The molecule has 5 rings (SSSR count). The number of carboxylic acid groups (broad SMARTS) is 1. The van der Waals surface area contributed by atoms with E-state index < -0.39 is 6.09 Å². The highest BCUT2D eigenvalue weighted by Crippen LogP contribution is 2.36. The van der Waals surface area contributed by atoms with Gasteiger partial charge in [0.05, 0.1) is 16.6 Å². The highest BCUT2D eigenvalue weighted by Gasteiger charge is 2.26. The van der Waals surface area contributed by atoms with Crippen LogP contribution in [0.1, 0.15) is 24.5 Å². The third-order valence-electron chi connectivity index (χ3n) is 5.81. The van der Waals surface area contributed by atoms with Crippen LogP contribution in [0.25, 0.3) is 27.7 Å². The molecular formula is C22H19ClN4O3. The highest BCUT2D eigenvalue weighted by atomic mass is 35.5. The first-order valence-corrected chi connectivity index (χ1v) is 10.2. The van der Waals surface area contributed by atoms with Crippen molar-refractivity contribution in [3.05, 3.63) is 69.6 Å². The fourth-order valence-corrected chi connectivity index (χ4v) is 4.59. The molecule has 8 heteroatoms. The first-order valence-electron chi connectivity index (χ1n) is 9.80. The van der Waals surface area contributed by atoms with Crippen molar-refractivity contribution in [2.45, 2.75) is 18.8 Å². The summed E-state index contributed by atoms with van der Waals surface area (Å²) in [5, 5.41) is 15.5. The van der Waals surface area contributed by atoms with E-state index in [-0.39, 0.29) is 11.5 Å². The second-order valence-electron chi connectivity index (χ2n) is 7.54. The summed E-state index contributed by atoms with van der Waals surface area (Å²) >= 11 is 6.45. The minimum Gasteiger partial charge on any atom is -0.465 e. The van der Waals surface area contributed by atoms with E-state index in [2.05, 4.69) is 4.98 Å². The number of aromatic amines is 1. The van der Waals surface area contributed by atoms with Crippen LogP contribution in [0.15, 0.2) is 53.3 Å². The van der Waals surface area contributed by atoms with Crippen LogP contribution in [0.4, 0.5) is 4.79 Å². The lowest BCUT2D eigenvalue weighted by atomic mass is 9.93. The summed E-state index contributed by atoms with van der Waals surface area (Å²) < 4.78 is 1.80. The van der Waals surface area contributed by atoms with Gasteiger partial charge in [-0.15, -0.1) is 0 Å². The summed E-state index contributed by atoms with van der Waals surface area (Å²) in [7, 11) is 0. The molecule has 0 spiro atoms. The number of carbonyl (C=O) groups is 1. The molecule has 0 aliphatic carbocycles. The number of nitrogens with zero attached hydrogens (tertiary/aromatic N) is 3. The number of hydrogen-bond acceptors (Lipinski definition) is 3. The predicted octanol–water partition coefficient (Wildman–Crippen LogP) is 4.35.